The second-order valence-corrected chi connectivity index (χ2v) is 4.41. The zero-order valence-corrected chi connectivity index (χ0v) is 10.7. The van der Waals surface area contributed by atoms with Crippen LogP contribution in [0.1, 0.15) is 5.56 Å². The van der Waals surface area contributed by atoms with Crippen molar-refractivity contribution in [2.75, 3.05) is 6.61 Å². The van der Waals surface area contributed by atoms with Gasteiger partial charge in [0.05, 0.1) is 25.8 Å². The summed E-state index contributed by atoms with van der Waals surface area (Å²) in [4.78, 5) is 0. The molecule has 0 unspecified atom stereocenters. The molecular formula is C14H18FN3O. The predicted molar refractivity (Wildman–Crippen MR) is 71.2 cm³/mol. The molecule has 0 spiro atoms. The first-order valence-electron chi connectivity index (χ1n) is 6.24. The third-order valence-corrected chi connectivity index (χ3v) is 2.81. The zero-order valence-electron chi connectivity index (χ0n) is 10.7. The van der Waals surface area contributed by atoms with Crippen LogP contribution < -0.4 is 5.73 Å². The van der Waals surface area contributed by atoms with Crippen LogP contribution in [0.5, 0.6) is 0 Å². The van der Waals surface area contributed by atoms with Crippen molar-refractivity contribution in [1.82, 2.24) is 9.78 Å². The Balaban J connectivity index is 1.70. The van der Waals surface area contributed by atoms with Crippen LogP contribution in [-0.4, -0.2) is 28.6 Å². The lowest BCUT2D eigenvalue weighted by Gasteiger charge is -2.16. The van der Waals surface area contributed by atoms with E-state index in [1.807, 2.05) is 30.3 Å². The molecule has 0 aliphatic carbocycles. The Hall–Kier alpha value is -1.72. The van der Waals surface area contributed by atoms with Gasteiger partial charge in [-0.25, -0.2) is 4.39 Å². The van der Waals surface area contributed by atoms with E-state index in [0.29, 0.717) is 13.2 Å². The van der Waals surface area contributed by atoms with Crippen molar-refractivity contribution in [3.05, 3.63) is 54.4 Å². The Morgan fingerprint density at radius 2 is 2.05 bits per heavy atom. The molecule has 4 nitrogen and oxygen atoms in total. The van der Waals surface area contributed by atoms with Crippen molar-refractivity contribution in [3.8, 4) is 0 Å². The van der Waals surface area contributed by atoms with E-state index >= 15 is 0 Å². The van der Waals surface area contributed by atoms with Gasteiger partial charge >= 0.3 is 0 Å². The number of halogens is 1. The molecule has 0 aliphatic heterocycles. The number of benzene rings is 1. The Labute approximate surface area is 112 Å². The second-order valence-electron chi connectivity index (χ2n) is 4.41. The topological polar surface area (TPSA) is 53.1 Å². The molecule has 102 valence electrons. The number of nitrogens with zero attached hydrogens (tertiary/aromatic N) is 2. The van der Waals surface area contributed by atoms with Crippen LogP contribution in [0.4, 0.5) is 4.39 Å². The van der Waals surface area contributed by atoms with Crippen LogP contribution in [0.15, 0.2) is 48.8 Å². The Morgan fingerprint density at radius 3 is 2.74 bits per heavy atom. The highest BCUT2D eigenvalue weighted by Crippen LogP contribution is 2.05. The fourth-order valence-electron chi connectivity index (χ4n) is 1.73. The van der Waals surface area contributed by atoms with Gasteiger partial charge in [0.2, 0.25) is 0 Å². The van der Waals surface area contributed by atoms with Gasteiger partial charge in [-0.3, -0.25) is 4.68 Å². The summed E-state index contributed by atoms with van der Waals surface area (Å²) in [5.74, 6) is 0. The van der Waals surface area contributed by atoms with E-state index in [-0.39, 0.29) is 6.61 Å². The summed E-state index contributed by atoms with van der Waals surface area (Å²) in [6, 6.07) is 10.8. The van der Waals surface area contributed by atoms with Gasteiger partial charge in [0.25, 0.3) is 0 Å². The molecule has 0 aliphatic rings. The Bertz CT molecular complexity index is 461. The first-order valence-corrected chi connectivity index (χ1v) is 6.24. The second kappa shape index (κ2) is 7.01. The van der Waals surface area contributed by atoms with Crippen LogP contribution in [0.25, 0.3) is 0 Å². The monoisotopic (exact) mass is 263 g/mol. The molecule has 2 rings (SSSR count). The van der Waals surface area contributed by atoms with Crippen LogP contribution in [0, 0.1) is 0 Å². The van der Waals surface area contributed by atoms with Gasteiger partial charge < -0.3 is 10.5 Å². The lowest BCUT2D eigenvalue weighted by Crippen LogP contribution is -2.38. The summed E-state index contributed by atoms with van der Waals surface area (Å²) in [5.41, 5.74) is 6.80. The molecule has 2 atom stereocenters. The van der Waals surface area contributed by atoms with E-state index in [9.17, 15) is 4.39 Å². The van der Waals surface area contributed by atoms with Crippen molar-refractivity contribution >= 4 is 0 Å². The molecule has 5 heteroatoms. The summed E-state index contributed by atoms with van der Waals surface area (Å²) in [7, 11) is 0. The van der Waals surface area contributed by atoms with Crippen molar-refractivity contribution in [2.24, 2.45) is 5.73 Å². The molecule has 0 bridgehead atoms. The van der Waals surface area contributed by atoms with Crippen molar-refractivity contribution in [1.29, 1.82) is 0 Å². The lowest BCUT2D eigenvalue weighted by molar-refractivity contribution is 0.0567. The van der Waals surface area contributed by atoms with Crippen molar-refractivity contribution < 1.29 is 9.13 Å². The Kier molecular flexibility index (Phi) is 5.06. The van der Waals surface area contributed by atoms with Gasteiger partial charge in [0.15, 0.2) is 0 Å². The quantitative estimate of drug-likeness (QED) is 0.828. The molecule has 0 saturated heterocycles. The highest BCUT2D eigenvalue weighted by atomic mass is 19.1. The molecule has 19 heavy (non-hydrogen) atoms. The van der Waals surface area contributed by atoms with Gasteiger partial charge in [-0.05, 0) is 11.6 Å². The molecule has 1 heterocycles. The fourth-order valence-corrected chi connectivity index (χ4v) is 1.73. The van der Waals surface area contributed by atoms with Crippen LogP contribution in [0.3, 0.4) is 0 Å². The van der Waals surface area contributed by atoms with E-state index < -0.39 is 12.2 Å². The van der Waals surface area contributed by atoms with Crippen LogP contribution >= 0.6 is 0 Å². The van der Waals surface area contributed by atoms with Gasteiger partial charge in [-0.1, -0.05) is 30.3 Å². The van der Waals surface area contributed by atoms with E-state index in [1.54, 1.807) is 23.1 Å². The third-order valence-electron chi connectivity index (χ3n) is 2.81. The van der Waals surface area contributed by atoms with Crippen LogP contribution in [0.2, 0.25) is 0 Å². The zero-order chi connectivity index (χ0) is 13.5. The fraction of sp³-hybridized carbons (Fsp3) is 0.357. The van der Waals surface area contributed by atoms with Crippen molar-refractivity contribution in [2.45, 2.75) is 25.4 Å². The van der Waals surface area contributed by atoms with Gasteiger partial charge in [0, 0.05) is 12.4 Å². The predicted octanol–water partition coefficient (Wildman–Crippen LogP) is 1.77. The summed E-state index contributed by atoms with van der Waals surface area (Å²) in [6.45, 7) is 0.746. The highest BCUT2D eigenvalue weighted by molar-refractivity contribution is 5.13. The smallest absolute Gasteiger partial charge is 0.140 e. The van der Waals surface area contributed by atoms with E-state index in [1.165, 1.54) is 0 Å². The largest absolute Gasteiger partial charge is 0.374 e. The van der Waals surface area contributed by atoms with Crippen molar-refractivity contribution in [3.63, 3.8) is 0 Å². The maximum absolute atomic E-state index is 13.8. The van der Waals surface area contributed by atoms with Crippen LogP contribution in [-0.2, 0) is 17.9 Å². The van der Waals surface area contributed by atoms with E-state index in [0.717, 1.165) is 5.56 Å². The third kappa shape index (κ3) is 4.46. The number of ether oxygens (including phenoxy) is 1. The minimum atomic E-state index is -1.20. The minimum absolute atomic E-state index is 0.00265. The number of alkyl halides is 1. The van der Waals surface area contributed by atoms with Gasteiger partial charge in [0.1, 0.15) is 6.17 Å². The molecule has 1 aromatic heterocycles. The summed E-state index contributed by atoms with van der Waals surface area (Å²) in [5, 5.41) is 4.00. The van der Waals surface area contributed by atoms with Gasteiger partial charge in [-0.2, -0.15) is 5.10 Å². The number of hydrogen-bond donors (Lipinski definition) is 1. The normalized spacial score (nSPS) is 14.2. The molecule has 2 N–H and O–H groups in total. The Morgan fingerprint density at radius 1 is 1.26 bits per heavy atom. The maximum atomic E-state index is 13.8. The molecule has 0 amide bonds. The maximum Gasteiger partial charge on any atom is 0.140 e. The molecular weight excluding hydrogens is 245 g/mol. The first kappa shape index (κ1) is 13.7. The minimum Gasteiger partial charge on any atom is -0.374 e. The average molecular weight is 263 g/mol. The number of rotatable bonds is 7. The van der Waals surface area contributed by atoms with E-state index in [2.05, 4.69) is 5.10 Å². The molecule has 1 aromatic carbocycles. The number of hydrogen-bond acceptors (Lipinski definition) is 3. The SMILES string of the molecule is N[C@H](Cn1cccn1)[C@@H](F)COCc1ccccc1. The van der Waals surface area contributed by atoms with Gasteiger partial charge in [-0.15, -0.1) is 0 Å². The first-order chi connectivity index (χ1) is 9.25. The summed E-state index contributed by atoms with van der Waals surface area (Å²) >= 11 is 0. The lowest BCUT2D eigenvalue weighted by atomic mass is 10.2. The molecule has 0 saturated carbocycles. The summed E-state index contributed by atoms with van der Waals surface area (Å²) in [6.07, 6.45) is 2.21. The van der Waals surface area contributed by atoms with E-state index in [4.69, 9.17) is 10.5 Å². The number of nitrogens with two attached hydrogens (primary N) is 1. The molecule has 0 fully saturated rings. The highest BCUT2D eigenvalue weighted by Gasteiger charge is 2.17. The summed E-state index contributed by atoms with van der Waals surface area (Å²) < 4.78 is 20.8. The molecule has 0 radical (unpaired) electrons. The molecule has 2 aromatic rings. The average Bonchev–Trinajstić information content (AvgIpc) is 2.92. The number of aromatic nitrogens is 2. The standard InChI is InChI=1S/C14H18FN3O/c15-13(14(16)9-18-8-4-7-17-18)11-19-10-12-5-2-1-3-6-12/h1-8,13-14H,9-11,16H2/t13-,14+/m0/s1.